The topological polar surface area (TPSA) is 26.3 Å². The van der Waals surface area contributed by atoms with E-state index in [1.165, 1.54) is 0 Å². The summed E-state index contributed by atoms with van der Waals surface area (Å²) in [5.74, 6) is 0.819. The van der Waals surface area contributed by atoms with E-state index in [0.717, 1.165) is 6.61 Å². The van der Waals surface area contributed by atoms with Crippen molar-refractivity contribution in [2.45, 2.75) is 0 Å². The minimum Gasteiger partial charge on any atom is -0.380 e. The maximum Gasteiger partial charge on any atom is 0.161 e. The standard InChI is InChI=1S/C7H8O2/c8-7-2-1-5-3-9-4-6(5)7/h1-2,5-6H,3-4H2/t5-,6+/m1/s1. The van der Waals surface area contributed by atoms with E-state index in [1.54, 1.807) is 6.08 Å². The van der Waals surface area contributed by atoms with Crippen LogP contribution in [0.5, 0.6) is 0 Å². The monoisotopic (exact) mass is 124 g/mol. The van der Waals surface area contributed by atoms with E-state index in [4.69, 9.17) is 4.74 Å². The summed E-state index contributed by atoms with van der Waals surface area (Å²) in [6.45, 7) is 1.38. The van der Waals surface area contributed by atoms with Crippen molar-refractivity contribution in [1.82, 2.24) is 0 Å². The van der Waals surface area contributed by atoms with Crippen molar-refractivity contribution in [2.75, 3.05) is 13.2 Å². The summed E-state index contributed by atoms with van der Waals surface area (Å²) in [7, 11) is 0. The largest absolute Gasteiger partial charge is 0.380 e. The van der Waals surface area contributed by atoms with Gasteiger partial charge >= 0.3 is 0 Å². The Morgan fingerprint density at radius 2 is 2.44 bits per heavy atom. The molecular formula is C7H8O2. The molecule has 1 aliphatic carbocycles. The maximum absolute atomic E-state index is 10.9. The Balaban J connectivity index is 2.24. The number of ether oxygens (including phenoxy) is 1. The van der Waals surface area contributed by atoms with E-state index in [1.807, 2.05) is 6.08 Å². The van der Waals surface area contributed by atoms with Crippen molar-refractivity contribution in [2.24, 2.45) is 11.8 Å². The molecule has 0 radical (unpaired) electrons. The average Bonchev–Trinajstić information content (AvgIpc) is 2.35. The van der Waals surface area contributed by atoms with Crippen LogP contribution >= 0.6 is 0 Å². The fourth-order valence-corrected chi connectivity index (χ4v) is 1.40. The Bertz CT molecular complexity index is 172. The van der Waals surface area contributed by atoms with Crippen LogP contribution in [0.15, 0.2) is 12.2 Å². The maximum atomic E-state index is 10.9. The van der Waals surface area contributed by atoms with Gasteiger partial charge in [-0.2, -0.15) is 0 Å². The van der Waals surface area contributed by atoms with Gasteiger partial charge in [0.2, 0.25) is 0 Å². The summed E-state index contributed by atoms with van der Waals surface area (Å²) in [4.78, 5) is 10.9. The van der Waals surface area contributed by atoms with Gasteiger partial charge in [-0.15, -0.1) is 0 Å². The lowest BCUT2D eigenvalue weighted by molar-refractivity contribution is -0.117. The predicted octanol–water partition coefficient (Wildman–Crippen LogP) is 0.388. The van der Waals surface area contributed by atoms with Gasteiger partial charge in [-0.25, -0.2) is 0 Å². The molecule has 0 aromatic heterocycles. The molecule has 9 heavy (non-hydrogen) atoms. The molecule has 0 N–H and O–H groups in total. The summed E-state index contributed by atoms with van der Waals surface area (Å²) in [6, 6.07) is 0. The van der Waals surface area contributed by atoms with Gasteiger partial charge < -0.3 is 4.74 Å². The SMILES string of the molecule is O=C1C=C[C@@H]2COC[C@H]12. The molecule has 1 aliphatic heterocycles. The van der Waals surface area contributed by atoms with Crippen molar-refractivity contribution >= 4 is 5.78 Å². The lowest BCUT2D eigenvalue weighted by Crippen LogP contribution is -2.12. The fraction of sp³-hybridized carbons (Fsp3) is 0.571. The molecule has 2 aliphatic rings. The van der Waals surface area contributed by atoms with Crippen molar-refractivity contribution in [3.63, 3.8) is 0 Å². The molecule has 1 fully saturated rings. The van der Waals surface area contributed by atoms with Gasteiger partial charge in [0.25, 0.3) is 0 Å². The first-order valence-corrected chi connectivity index (χ1v) is 3.18. The van der Waals surface area contributed by atoms with E-state index < -0.39 is 0 Å². The number of hydrogen-bond acceptors (Lipinski definition) is 2. The molecule has 0 aromatic carbocycles. The minimum absolute atomic E-state index is 0.171. The van der Waals surface area contributed by atoms with Crippen LogP contribution in [0.4, 0.5) is 0 Å². The van der Waals surface area contributed by atoms with Crippen molar-refractivity contribution in [1.29, 1.82) is 0 Å². The molecule has 0 unspecified atom stereocenters. The molecule has 0 amide bonds. The summed E-state index contributed by atoms with van der Waals surface area (Å²) >= 11 is 0. The second kappa shape index (κ2) is 1.67. The molecule has 2 heteroatoms. The third-order valence-corrected chi connectivity index (χ3v) is 2.00. The summed E-state index contributed by atoms with van der Waals surface area (Å²) in [5, 5.41) is 0. The summed E-state index contributed by atoms with van der Waals surface area (Å²) in [5.41, 5.74) is 0. The second-order valence-electron chi connectivity index (χ2n) is 2.57. The third-order valence-electron chi connectivity index (χ3n) is 2.00. The molecule has 0 spiro atoms. The first kappa shape index (κ1) is 5.18. The van der Waals surface area contributed by atoms with Crippen LogP contribution in [0, 0.1) is 11.8 Å². The molecular weight excluding hydrogens is 116 g/mol. The highest BCUT2D eigenvalue weighted by Gasteiger charge is 2.34. The highest BCUT2D eigenvalue weighted by molar-refractivity contribution is 5.94. The molecule has 2 rings (SSSR count). The van der Waals surface area contributed by atoms with Crippen LogP contribution in [0.25, 0.3) is 0 Å². The van der Waals surface area contributed by atoms with Crippen LogP contribution in [0.3, 0.4) is 0 Å². The Morgan fingerprint density at radius 3 is 3.22 bits per heavy atom. The lowest BCUT2D eigenvalue weighted by Gasteiger charge is -2.00. The Labute approximate surface area is 53.5 Å². The average molecular weight is 124 g/mol. The smallest absolute Gasteiger partial charge is 0.161 e. The van der Waals surface area contributed by atoms with E-state index in [-0.39, 0.29) is 11.7 Å². The first-order chi connectivity index (χ1) is 4.38. The highest BCUT2D eigenvalue weighted by atomic mass is 16.5. The Kier molecular flexibility index (Phi) is 0.963. The zero-order valence-electron chi connectivity index (χ0n) is 5.04. The predicted molar refractivity (Wildman–Crippen MR) is 31.9 cm³/mol. The molecule has 0 bridgehead atoms. The fourth-order valence-electron chi connectivity index (χ4n) is 1.40. The number of carbonyl (C=O) groups is 1. The minimum atomic E-state index is 0.171. The van der Waals surface area contributed by atoms with E-state index >= 15 is 0 Å². The number of ketones is 1. The summed E-state index contributed by atoms with van der Waals surface area (Å²) < 4.78 is 5.11. The van der Waals surface area contributed by atoms with Crippen LogP contribution in [-0.4, -0.2) is 19.0 Å². The third kappa shape index (κ3) is 0.630. The van der Waals surface area contributed by atoms with Gasteiger partial charge in [-0.05, 0) is 6.08 Å². The van der Waals surface area contributed by atoms with Crippen molar-refractivity contribution < 1.29 is 9.53 Å². The van der Waals surface area contributed by atoms with Gasteiger partial charge in [0.15, 0.2) is 5.78 Å². The van der Waals surface area contributed by atoms with Gasteiger partial charge in [0.05, 0.1) is 19.1 Å². The number of carbonyl (C=O) groups excluding carboxylic acids is 1. The normalized spacial score (nSPS) is 39.8. The molecule has 48 valence electrons. The zero-order valence-corrected chi connectivity index (χ0v) is 5.04. The number of hydrogen-bond donors (Lipinski definition) is 0. The van der Waals surface area contributed by atoms with Crippen molar-refractivity contribution in [3.8, 4) is 0 Å². The molecule has 0 saturated carbocycles. The zero-order chi connectivity index (χ0) is 6.27. The number of fused-ring (bicyclic) bond motifs is 1. The molecule has 2 atom stereocenters. The quantitative estimate of drug-likeness (QED) is 0.467. The van der Waals surface area contributed by atoms with Crippen LogP contribution in [-0.2, 0) is 9.53 Å². The van der Waals surface area contributed by atoms with Gasteiger partial charge in [-0.3, -0.25) is 4.79 Å². The van der Waals surface area contributed by atoms with Gasteiger partial charge in [-0.1, -0.05) is 6.08 Å². The van der Waals surface area contributed by atoms with Crippen molar-refractivity contribution in [3.05, 3.63) is 12.2 Å². The number of allylic oxidation sites excluding steroid dienone is 1. The lowest BCUT2D eigenvalue weighted by atomic mass is 10.00. The van der Waals surface area contributed by atoms with Crippen LogP contribution in [0.1, 0.15) is 0 Å². The molecule has 0 aromatic rings. The first-order valence-electron chi connectivity index (χ1n) is 3.18. The van der Waals surface area contributed by atoms with Crippen LogP contribution in [0.2, 0.25) is 0 Å². The second-order valence-corrected chi connectivity index (χ2v) is 2.57. The van der Waals surface area contributed by atoms with Crippen LogP contribution < -0.4 is 0 Å². The number of rotatable bonds is 0. The molecule has 2 nitrogen and oxygen atoms in total. The summed E-state index contributed by atoms with van der Waals surface area (Å²) in [6.07, 6.45) is 3.64. The van der Waals surface area contributed by atoms with E-state index in [9.17, 15) is 4.79 Å². The molecule has 1 saturated heterocycles. The highest BCUT2D eigenvalue weighted by Crippen LogP contribution is 2.27. The Morgan fingerprint density at radius 1 is 1.56 bits per heavy atom. The Hall–Kier alpha value is -0.630. The van der Waals surface area contributed by atoms with E-state index in [2.05, 4.69) is 0 Å². The van der Waals surface area contributed by atoms with Gasteiger partial charge in [0.1, 0.15) is 0 Å². The molecule has 1 heterocycles. The van der Waals surface area contributed by atoms with E-state index in [0.29, 0.717) is 12.5 Å². The van der Waals surface area contributed by atoms with Gasteiger partial charge in [0, 0.05) is 5.92 Å².